The molecule has 2 saturated carbocycles. The monoisotopic (exact) mass is 335 g/mol. The van der Waals surface area contributed by atoms with Gasteiger partial charge in [-0.3, -0.25) is 4.99 Å². The van der Waals surface area contributed by atoms with Crippen LogP contribution in [0.1, 0.15) is 85.5 Å². The molecule has 0 saturated heterocycles. The molecule has 2 heteroatoms. The summed E-state index contributed by atoms with van der Waals surface area (Å²) in [5.74, 6) is 3.74. The van der Waals surface area contributed by atoms with Crippen LogP contribution >= 0.6 is 0 Å². The van der Waals surface area contributed by atoms with Gasteiger partial charge in [0.25, 0.3) is 0 Å². The lowest BCUT2D eigenvalue weighted by molar-refractivity contribution is -0.0253. The molecule has 2 rings (SSSR count). The third-order valence-corrected chi connectivity index (χ3v) is 6.84. The number of hydrogen-bond acceptors (Lipinski definition) is 2. The molecule has 0 amide bonds. The molecular weight excluding hydrogens is 294 g/mol. The third-order valence-electron chi connectivity index (χ3n) is 6.84. The SMILES string of the molecule is CCCOC1CC(C(CC)/C(=N\C)C2CCCCC2C)CCC1C. The van der Waals surface area contributed by atoms with Crippen LogP contribution < -0.4 is 0 Å². The highest BCUT2D eigenvalue weighted by Crippen LogP contribution is 2.41. The van der Waals surface area contributed by atoms with E-state index in [2.05, 4.69) is 34.7 Å². The Morgan fingerprint density at radius 2 is 1.79 bits per heavy atom. The molecule has 24 heavy (non-hydrogen) atoms. The zero-order valence-corrected chi connectivity index (χ0v) is 16.9. The number of hydrogen-bond donors (Lipinski definition) is 0. The van der Waals surface area contributed by atoms with E-state index in [1.54, 1.807) is 5.71 Å². The predicted molar refractivity (Wildman–Crippen MR) is 105 cm³/mol. The van der Waals surface area contributed by atoms with E-state index in [4.69, 9.17) is 9.73 Å². The summed E-state index contributed by atoms with van der Waals surface area (Å²) in [5, 5.41) is 0. The highest BCUT2D eigenvalue weighted by Gasteiger charge is 2.37. The Balaban J connectivity index is 2.07. The van der Waals surface area contributed by atoms with Gasteiger partial charge in [-0.1, -0.05) is 47.0 Å². The second-order valence-corrected chi connectivity index (χ2v) is 8.49. The highest BCUT2D eigenvalue weighted by molar-refractivity contribution is 5.89. The minimum absolute atomic E-state index is 0.472. The van der Waals surface area contributed by atoms with Gasteiger partial charge in [0, 0.05) is 19.4 Å². The molecule has 0 spiro atoms. The molecule has 0 N–H and O–H groups in total. The zero-order valence-electron chi connectivity index (χ0n) is 16.9. The van der Waals surface area contributed by atoms with Crippen molar-refractivity contribution in [2.75, 3.05) is 13.7 Å². The van der Waals surface area contributed by atoms with Gasteiger partial charge in [-0.15, -0.1) is 0 Å². The van der Waals surface area contributed by atoms with Gasteiger partial charge in [-0.2, -0.15) is 0 Å². The lowest BCUT2D eigenvalue weighted by atomic mass is 9.67. The molecule has 140 valence electrons. The predicted octanol–water partition coefficient (Wildman–Crippen LogP) is 6.14. The minimum atomic E-state index is 0.472. The second kappa shape index (κ2) is 9.94. The van der Waals surface area contributed by atoms with Gasteiger partial charge in [0.2, 0.25) is 0 Å². The maximum absolute atomic E-state index is 6.21. The van der Waals surface area contributed by atoms with Crippen LogP contribution in [0.5, 0.6) is 0 Å². The maximum atomic E-state index is 6.21. The van der Waals surface area contributed by atoms with Crippen molar-refractivity contribution in [1.82, 2.24) is 0 Å². The molecule has 0 radical (unpaired) electrons. The average molecular weight is 336 g/mol. The zero-order chi connectivity index (χ0) is 17.5. The fraction of sp³-hybridized carbons (Fsp3) is 0.955. The van der Waals surface area contributed by atoms with E-state index in [1.165, 1.54) is 51.4 Å². The van der Waals surface area contributed by atoms with Crippen LogP contribution in [0, 0.1) is 29.6 Å². The van der Waals surface area contributed by atoms with Crippen LogP contribution in [-0.2, 0) is 4.74 Å². The van der Waals surface area contributed by atoms with E-state index in [-0.39, 0.29) is 0 Å². The molecule has 2 fully saturated rings. The maximum Gasteiger partial charge on any atom is 0.0603 e. The van der Waals surface area contributed by atoms with Gasteiger partial charge in [-0.05, 0) is 68.1 Å². The molecule has 0 heterocycles. The summed E-state index contributed by atoms with van der Waals surface area (Å²) in [6, 6.07) is 0. The number of rotatable bonds is 7. The summed E-state index contributed by atoms with van der Waals surface area (Å²) < 4.78 is 6.21. The Bertz CT molecular complexity index is 391. The number of nitrogens with zero attached hydrogens (tertiary/aromatic N) is 1. The van der Waals surface area contributed by atoms with Crippen molar-refractivity contribution in [3.63, 3.8) is 0 Å². The van der Waals surface area contributed by atoms with Gasteiger partial charge >= 0.3 is 0 Å². The van der Waals surface area contributed by atoms with Crippen LogP contribution in [0.2, 0.25) is 0 Å². The van der Waals surface area contributed by atoms with Crippen LogP contribution in [0.15, 0.2) is 4.99 Å². The lowest BCUT2D eigenvalue weighted by Gasteiger charge is -2.41. The molecule has 6 unspecified atom stereocenters. The van der Waals surface area contributed by atoms with E-state index < -0.39 is 0 Å². The molecule has 6 atom stereocenters. The van der Waals surface area contributed by atoms with Crippen LogP contribution in [0.4, 0.5) is 0 Å². The molecular formula is C22H41NO. The molecule has 0 aromatic heterocycles. The summed E-state index contributed by atoms with van der Waals surface area (Å²) in [5.41, 5.74) is 1.55. The van der Waals surface area contributed by atoms with Crippen molar-refractivity contribution in [3.8, 4) is 0 Å². The second-order valence-electron chi connectivity index (χ2n) is 8.49. The van der Waals surface area contributed by atoms with Crippen molar-refractivity contribution in [2.45, 2.75) is 91.6 Å². The first-order valence-corrected chi connectivity index (χ1v) is 10.7. The van der Waals surface area contributed by atoms with Crippen molar-refractivity contribution in [2.24, 2.45) is 34.6 Å². The summed E-state index contributed by atoms with van der Waals surface area (Å²) in [6.45, 7) is 10.4. The van der Waals surface area contributed by atoms with Gasteiger partial charge < -0.3 is 4.74 Å². The van der Waals surface area contributed by atoms with E-state index in [0.29, 0.717) is 12.0 Å². The van der Waals surface area contributed by atoms with Crippen LogP contribution in [0.25, 0.3) is 0 Å². The molecule has 0 bridgehead atoms. The van der Waals surface area contributed by atoms with E-state index in [9.17, 15) is 0 Å². The average Bonchev–Trinajstić information content (AvgIpc) is 2.60. The Kier molecular flexibility index (Phi) is 8.27. The summed E-state index contributed by atoms with van der Waals surface area (Å²) >= 11 is 0. The topological polar surface area (TPSA) is 21.6 Å². The molecule has 0 aromatic rings. The van der Waals surface area contributed by atoms with Crippen LogP contribution in [-0.4, -0.2) is 25.5 Å². The van der Waals surface area contributed by atoms with E-state index in [0.717, 1.165) is 36.7 Å². The Labute approximate surface area is 150 Å². The fourth-order valence-electron chi connectivity index (χ4n) is 5.32. The smallest absolute Gasteiger partial charge is 0.0603 e. The van der Waals surface area contributed by atoms with Gasteiger partial charge in [0.1, 0.15) is 0 Å². The Hall–Kier alpha value is -0.370. The molecule has 2 aliphatic carbocycles. The largest absolute Gasteiger partial charge is 0.378 e. The van der Waals surface area contributed by atoms with Gasteiger partial charge in [0.05, 0.1) is 6.10 Å². The van der Waals surface area contributed by atoms with Crippen molar-refractivity contribution < 1.29 is 4.74 Å². The highest BCUT2D eigenvalue weighted by atomic mass is 16.5. The Morgan fingerprint density at radius 3 is 2.42 bits per heavy atom. The van der Waals surface area contributed by atoms with Crippen molar-refractivity contribution >= 4 is 5.71 Å². The molecule has 0 aliphatic heterocycles. The molecule has 2 nitrogen and oxygen atoms in total. The van der Waals surface area contributed by atoms with Crippen LogP contribution in [0.3, 0.4) is 0 Å². The summed E-state index contributed by atoms with van der Waals surface area (Å²) in [7, 11) is 2.05. The number of ether oxygens (including phenoxy) is 1. The van der Waals surface area contributed by atoms with Gasteiger partial charge in [0.15, 0.2) is 0 Å². The third kappa shape index (κ3) is 4.84. The van der Waals surface area contributed by atoms with Crippen molar-refractivity contribution in [1.29, 1.82) is 0 Å². The van der Waals surface area contributed by atoms with E-state index in [1.807, 2.05) is 0 Å². The quantitative estimate of drug-likeness (QED) is 0.512. The summed E-state index contributed by atoms with van der Waals surface area (Å²) in [4.78, 5) is 4.89. The molecule has 2 aliphatic rings. The normalized spacial score (nSPS) is 36.5. The number of aliphatic imine (C=N–C) groups is 1. The summed E-state index contributed by atoms with van der Waals surface area (Å²) in [6.07, 6.45) is 12.4. The first-order chi connectivity index (χ1) is 11.6. The van der Waals surface area contributed by atoms with E-state index >= 15 is 0 Å². The molecule has 0 aromatic carbocycles. The standard InChI is InChI=1S/C22H41NO/c1-6-14-24-21-15-18(13-12-17(21)4)19(7-2)22(23-5)20-11-9-8-10-16(20)3/h16-21H,6-15H2,1-5H3/b23-22+. The van der Waals surface area contributed by atoms with Crippen molar-refractivity contribution in [3.05, 3.63) is 0 Å². The first-order valence-electron chi connectivity index (χ1n) is 10.7. The van der Waals surface area contributed by atoms with Gasteiger partial charge in [-0.25, -0.2) is 0 Å². The first kappa shape index (κ1) is 19.9. The minimum Gasteiger partial charge on any atom is -0.378 e. The lowest BCUT2D eigenvalue weighted by Crippen LogP contribution is -2.39. The fourth-order valence-corrected chi connectivity index (χ4v) is 5.32. The Morgan fingerprint density at radius 1 is 1.04 bits per heavy atom.